The van der Waals surface area contributed by atoms with Crippen molar-refractivity contribution in [3.8, 4) is 0 Å². The van der Waals surface area contributed by atoms with Gasteiger partial charge in [0, 0.05) is 32.3 Å². The van der Waals surface area contributed by atoms with Crippen molar-refractivity contribution in [2.75, 3.05) is 13.1 Å². The second kappa shape index (κ2) is 5.08. The first-order chi connectivity index (χ1) is 8.08. The van der Waals surface area contributed by atoms with Gasteiger partial charge in [-0.25, -0.2) is 0 Å². The number of alkyl halides is 1. The van der Waals surface area contributed by atoms with Crippen LogP contribution in [0.5, 0.6) is 0 Å². The lowest BCUT2D eigenvalue weighted by Gasteiger charge is -2.32. The van der Waals surface area contributed by atoms with E-state index in [-0.39, 0.29) is 5.91 Å². The van der Waals surface area contributed by atoms with E-state index in [2.05, 4.69) is 5.10 Å². The Bertz CT molecular complexity index is 402. The summed E-state index contributed by atoms with van der Waals surface area (Å²) < 4.78 is 1.81. The molecule has 2 atom stereocenters. The summed E-state index contributed by atoms with van der Waals surface area (Å²) in [6, 6.07) is 2.03. The second-order valence-corrected chi connectivity index (χ2v) is 5.31. The third-order valence-electron chi connectivity index (χ3n) is 3.23. The summed E-state index contributed by atoms with van der Waals surface area (Å²) in [5, 5.41) is 3.99. The van der Waals surface area contributed by atoms with Crippen molar-refractivity contribution >= 4 is 17.5 Å². The zero-order chi connectivity index (χ0) is 12.4. The summed E-state index contributed by atoms with van der Waals surface area (Å²) in [5.41, 5.74) is 1.08. The number of carbonyl (C=O) groups is 1. The van der Waals surface area contributed by atoms with Crippen molar-refractivity contribution < 1.29 is 4.79 Å². The highest BCUT2D eigenvalue weighted by molar-refractivity contribution is 6.30. The lowest BCUT2D eigenvalue weighted by Crippen LogP contribution is -2.42. The summed E-state index contributed by atoms with van der Waals surface area (Å²) >= 11 is 5.85. The summed E-state index contributed by atoms with van der Waals surface area (Å²) in [6.07, 6.45) is 4.06. The number of nitrogens with zero attached hydrogens (tertiary/aromatic N) is 3. The molecule has 2 heterocycles. The van der Waals surface area contributed by atoms with Crippen LogP contribution in [0.15, 0.2) is 12.3 Å². The molecule has 2 unspecified atom stereocenters. The Morgan fingerprint density at radius 1 is 1.65 bits per heavy atom. The number of hydrogen-bond acceptors (Lipinski definition) is 2. The predicted octanol–water partition coefficient (Wildman–Crippen LogP) is 1.75. The third kappa shape index (κ3) is 2.80. The van der Waals surface area contributed by atoms with E-state index in [0.717, 1.165) is 31.6 Å². The largest absolute Gasteiger partial charge is 0.341 e. The zero-order valence-electron chi connectivity index (χ0n) is 10.3. The number of likely N-dealkylation sites (tertiary alicyclic amines) is 1. The van der Waals surface area contributed by atoms with Crippen LogP contribution in [0.2, 0.25) is 0 Å². The minimum atomic E-state index is -0.433. The Hall–Kier alpha value is -1.03. The number of rotatable bonds is 2. The molecule has 0 radical (unpaired) electrons. The molecule has 1 aliphatic heterocycles. The SMILES string of the molecule is CC(Cl)C(=O)N1CCCC(c2ccn(C)n2)C1. The highest BCUT2D eigenvalue weighted by Gasteiger charge is 2.27. The van der Waals surface area contributed by atoms with Crippen LogP contribution in [0.3, 0.4) is 0 Å². The standard InChI is InChI=1S/C12H18ClN3O/c1-9(13)12(17)16-6-3-4-10(8-16)11-5-7-15(2)14-11/h5,7,9-10H,3-4,6,8H2,1-2H3. The van der Waals surface area contributed by atoms with E-state index in [1.165, 1.54) is 0 Å². The van der Waals surface area contributed by atoms with Gasteiger partial charge in [0.1, 0.15) is 5.38 Å². The van der Waals surface area contributed by atoms with Gasteiger partial charge in [-0.05, 0) is 25.8 Å². The Labute approximate surface area is 107 Å². The average molecular weight is 256 g/mol. The van der Waals surface area contributed by atoms with E-state index >= 15 is 0 Å². The molecule has 5 heteroatoms. The Morgan fingerprint density at radius 3 is 3.00 bits per heavy atom. The number of aromatic nitrogens is 2. The molecule has 1 aliphatic rings. The zero-order valence-corrected chi connectivity index (χ0v) is 11.0. The molecule has 17 heavy (non-hydrogen) atoms. The normalized spacial score (nSPS) is 22.5. The minimum Gasteiger partial charge on any atom is -0.341 e. The van der Waals surface area contributed by atoms with Gasteiger partial charge in [0.2, 0.25) is 5.91 Å². The molecule has 2 rings (SSSR count). The average Bonchev–Trinajstić information content (AvgIpc) is 2.75. The molecule has 1 amide bonds. The molecule has 0 aromatic carbocycles. The van der Waals surface area contributed by atoms with Gasteiger partial charge in [-0.1, -0.05) is 0 Å². The van der Waals surface area contributed by atoms with Crippen molar-refractivity contribution in [1.29, 1.82) is 0 Å². The Morgan fingerprint density at radius 2 is 2.41 bits per heavy atom. The van der Waals surface area contributed by atoms with Crippen LogP contribution in [-0.4, -0.2) is 39.1 Å². The van der Waals surface area contributed by atoms with Crippen molar-refractivity contribution in [3.05, 3.63) is 18.0 Å². The maximum Gasteiger partial charge on any atom is 0.240 e. The lowest BCUT2D eigenvalue weighted by molar-refractivity contribution is -0.131. The van der Waals surface area contributed by atoms with Crippen LogP contribution in [0.4, 0.5) is 0 Å². The van der Waals surface area contributed by atoms with Crippen LogP contribution >= 0.6 is 11.6 Å². The molecule has 0 N–H and O–H groups in total. The fourth-order valence-electron chi connectivity index (χ4n) is 2.32. The molecule has 0 saturated carbocycles. The quantitative estimate of drug-likeness (QED) is 0.756. The van der Waals surface area contributed by atoms with Gasteiger partial charge in [-0.3, -0.25) is 9.48 Å². The highest BCUT2D eigenvalue weighted by atomic mass is 35.5. The van der Waals surface area contributed by atoms with E-state index in [1.807, 2.05) is 24.2 Å². The Kier molecular flexibility index (Phi) is 3.72. The lowest BCUT2D eigenvalue weighted by atomic mass is 9.95. The molecule has 1 aromatic heterocycles. The summed E-state index contributed by atoms with van der Waals surface area (Å²) in [7, 11) is 1.91. The topological polar surface area (TPSA) is 38.1 Å². The number of amides is 1. The molecule has 4 nitrogen and oxygen atoms in total. The summed E-state index contributed by atoms with van der Waals surface area (Å²) in [4.78, 5) is 13.7. The maximum atomic E-state index is 11.8. The molecular formula is C12H18ClN3O. The Balaban J connectivity index is 2.04. The smallest absolute Gasteiger partial charge is 0.240 e. The van der Waals surface area contributed by atoms with Crippen molar-refractivity contribution in [3.63, 3.8) is 0 Å². The number of aryl methyl sites for hydroxylation is 1. The van der Waals surface area contributed by atoms with Crippen LogP contribution in [0.25, 0.3) is 0 Å². The van der Waals surface area contributed by atoms with E-state index in [1.54, 1.807) is 11.6 Å². The van der Waals surface area contributed by atoms with E-state index in [0.29, 0.717) is 5.92 Å². The van der Waals surface area contributed by atoms with Gasteiger partial charge in [-0.15, -0.1) is 11.6 Å². The number of hydrogen-bond donors (Lipinski definition) is 0. The molecule has 0 bridgehead atoms. The molecule has 1 saturated heterocycles. The van der Waals surface area contributed by atoms with Crippen LogP contribution in [-0.2, 0) is 11.8 Å². The van der Waals surface area contributed by atoms with E-state index in [9.17, 15) is 4.79 Å². The highest BCUT2D eigenvalue weighted by Crippen LogP contribution is 2.26. The van der Waals surface area contributed by atoms with Gasteiger partial charge in [0.15, 0.2) is 0 Å². The maximum absolute atomic E-state index is 11.8. The molecule has 1 aromatic rings. The predicted molar refractivity (Wildman–Crippen MR) is 67.1 cm³/mol. The first-order valence-corrected chi connectivity index (χ1v) is 6.44. The first kappa shape index (κ1) is 12.4. The van der Waals surface area contributed by atoms with Crippen LogP contribution in [0.1, 0.15) is 31.4 Å². The van der Waals surface area contributed by atoms with Crippen molar-refractivity contribution in [1.82, 2.24) is 14.7 Å². The fourth-order valence-corrected chi connectivity index (χ4v) is 2.46. The molecule has 0 spiro atoms. The van der Waals surface area contributed by atoms with E-state index < -0.39 is 5.38 Å². The van der Waals surface area contributed by atoms with Crippen molar-refractivity contribution in [2.24, 2.45) is 7.05 Å². The van der Waals surface area contributed by atoms with Gasteiger partial charge in [0.05, 0.1) is 5.69 Å². The molecule has 0 aliphatic carbocycles. The fraction of sp³-hybridized carbons (Fsp3) is 0.667. The van der Waals surface area contributed by atoms with Crippen LogP contribution < -0.4 is 0 Å². The number of halogens is 1. The molecular weight excluding hydrogens is 238 g/mol. The van der Waals surface area contributed by atoms with Gasteiger partial charge < -0.3 is 4.90 Å². The molecule has 94 valence electrons. The van der Waals surface area contributed by atoms with Crippen LogP contribution in [0, 0.1) is 0 Å². The number of piperidine rings is 1. The summed E-state index contributed by atoms with van der Waals surface area (Å²) in [6.45, 7) is 3.29. The van der Waals surface area contributed by atoms with Gasteiger partial charge >= 0.3 is 0 Å². The first-order valence-electron chi connectivity index (χ1n) is 6.00. The van der Waals surface area contributed by atoms with Gasteiger partial charge in [0.25, 0.3) is 0 Å². The molecule has 1 fully saturated rings. The minimum absolute atomic E-state index is 0.0345. The monoisotopic (exact) mass is 255 g/mol. The second-order valence-electron chi connectivity index (χ2n) is 4.65. The van der Waals surface area contributed by atoms with Crippen molar-refractivity contribution in [2.45, 2.75) is 31.1 Å². The van der Waals surface area contributed by atoms with E-state index in [4.69, 9.17) is 11.6 Å². The van der Waals surface area contributed by atoms with Gasteiger partial charge in [-0.2, -0.15) is 5.10 Å². The third-order valence-corrected chi connectivity index (χ3v) is 3.41. The number of carbonyl (C=O) groups excluding carboxylic acids is 1. The summed E-state index contributed by atoms with van der Waals surface area (Å²) in [5.74, 6) is 0.386.